The van der Waals surface area contributed by atoms with Gasteiger partial charge in [-0.15, -0.1) is 0 Å². The summed E-state index contributed by atoms with van der Waals surface area (Å²) < 4.78 is 3.84. The number of rotatable bonds is 0. The van der Waals surface area contributed by atoms with Crippen molar-refractivity contribution in [2.75, 3.05) is 6.26 Å². The Morgan fingerprint density at radius 2 is 2.50 bits per heavy atom. The number of hydrogen-bond donors (Lipinski definition) is 1. The van der Waals surface area contributed by atoms with Gasteiger partial charge >= 0.3 is 61.3 Å². The predicted molar refractivity (Wildman–Crippen MR) is 37.8 cm³/mol. The van der Waals surface area contributed by atoms with Crippen molar-refractivity contribution < 1.29 is 0 Å². The van der Waals surface area contributed by atoms with Crippen molar-refractivity contribution in [1.29, 1.82) is 0 Å². The van der Waals surface area contributed by atoms with E-state index in [1.165, 1.54) is 0 Å². The van der Waals surface area contributed by atoms with Crippen LogP contribution in [-0.4, -0.2) is 33.9 Å². The molecule has 0 fully saturated rings. The van der Waals surface area contributed by atoms with Crippen LogP contribution in [-0.2, 0) is 0 Å². The maximum absolute atomic E-state index is 4.74. The van der Waals surface area contributed by atoms with E-state index < -0.39 is 0 Å². The van der Waals surface area contributed by atoms with Gasteiger partial charge in [0, 0.05) is 0 Å². The summed E-state index contributed by atoms with van der Waals surface area (Å²) in [5.74, 6) is 0. The molecule has 36 valence electrons. The van der Waals surface area contributed by atoms with Crippen LogP contribution in [0.25, 0.3) is 0 Å². The van der Waals surface area contributed by atoms with Gasteiger partial charge in [0.1, 0.15) is 0 Å². The summed E-state index contributed by atoms with van der Waals surface area (Å²) >= 11 is 7.34. The molecule has 0 aromatic heterocycles. The summed E-state index contributed by atoms with van der Waals surface area (Å²) in [6.45, 7) is 0. The number of nitrogens with one attached hydrogen (secondary N) is 1. The van der Waals surface area contributed by atoms with E-state index in [1.807, 2.05) is 6.26 Å². The second-order valence-corrected chi connectivity index (χ2v) is 2.94. The van der Waals surface area contributed by atoms with Gasteiger partial charge in [-0.3, -0.25) is 0 Å². The van der Waals surface area contributed by atoms with Gasteiger partial charge < -0.3 is 0 Å². The first-order chi connectivity index (χ1) is 2.81. The Bertz CT molecular complexity index is 49.5. The van der Waals surface area contributed by atoms with Crippen LogP contribution in [0.15, 0.2) is 0 Å². The molecule has 0 saturated carbocycles. The van der Waals surface area contributed by atoms with E-state index >= 15 is 0 Å². The fourth-order valence-electron chi connectivity index (χ4n) is 0.0589. The summed E-state index contributed by atoms with van der Waals surface area (Å²) in [5.41, 5.74) is 0. The number of thioether (sulfide) groups is 1. The van der Waals surface area contributed by atoms with Crippen molar-refractivity contribution in [3.63, 3.8) is 0 Å². The van der Waals surface area contributed by atoms with Gasteiger partial charge in [-0.25, -0.2) is 0 Å². The van der Waals surface area contributed by atoms with Crippen LogP contribution < -0.4 is 3.48 Å². The molecule has 4 heteroatoms. The molecule has 0 aromatic carbocycles. The van der Waals surface area contributed by atoms with E-state index in [0.717, 1.165) is 27.6 Å². The molecule has 0 aliphatic rings. The van der Waals surface area contributed by atoms with Crippen LogP contribution in [0.4, 0.5) is 0 Å². The van der Waals surface area contributed by atoms with Crippen molar-refractivity contribution >= 4 is 51.6 Å². The molecule has 0 aromatic rings. The molecular weight excluding hydrogens is 224 g/mol. The van der Waals surface area contributed by atoms with E-state index in [-0.39, 0.29) is 0 Å². The van der Waals surface area contributed by atoms with Crippen molar-refractivity contribution in [3.05, 3.63) is 0 Å². The zero-order valence-electron chi connectivity index (χ0n) is 3.39. The molecular formula is C2H6NS2Sb. The second-order valence-electron chi connectivity index (χ2n) is 0.636. The Morgan fingerprint density at radius 3 is 2.50 bits per heavy atom. The molecule has 0 amide bonds. The quantitative estimate of drug-likeness (QED) is 0.456. The monoisotopic (exact) mass is 229 g/mol. The van der Waals surface area contributed by atoms with Gasteiger partial charge in [-0.05, 0) is 0 Å². The van der Waals surface area contributed by atoms with Gasteiger partial charge in [0.15, 0.2) is 0 Å². The van der Waals surface area contributed by atoms with Crippen LogP contribution in [0.3, 0.4) is 0 Å². The molecule has 0 atom stereocenters. The standard InChI is InChI=1S/C2H5NS2.Sb.2H/c1-5-2(3)4;;;/h1H3,(H2,3,4);;;/q;+1;;/p-1. The Hall–Kier alpha value is 1.06. The third-order valence-electron chi connectivity index (χ3n) is 0.303. The summed E-state index contributed by atoms with van der Waals surface area (Å²) in [6.07, 6.45) is 1.96. The first-order valence-electron chi connectivity index (χ1n) is 1.36. The fraction of sp³-hybridized carbons (Fsp3) is 0.500. The topological polar surface area (TPSA) is 12.0 Å². The average molecular weight is 230 g/mol. The first kappa shape index (κ1) is 7.06. The Labute approximate surface area is 61.1 Å². The van der Waals surface area contributed by atoms with Crippen LogP contribution in [0, 0.1) is 0 Å². The van der Waals surface area contributed by atoms with Gasteiger partial charge in [-0.2, -0.15) is 0 Å². The van der Waals surface area contributed by atoms with Crippen molar-refractivity contribution in [1.82, 2.24) is 3.48 Å². The van der Waals surface area contributed by atoms with Gasteiger partial charge in [0.05, 0.1) is 0 Å². The Morgan fingerprint density at radius 1 is 2.00 bits per heavy atom. The minimum absolute atomic E-state index is 0.900. The molecule has 1 N–H and O–H groups in total. The second kappa shape index (κ2) is 4.22. The SMILES string of the molecule is CSC(=S)[NH][SbH2]. The third-order valence-corrected chi connectivity index (χ3v) is 3.43. The van der Waals surface area contributed by atoms with Crippen molar-refractivity contribution in [2.45, 2.75) is 0 Å². The molecule has 0 rings (SSSR count). The van der Waals surface area contributed by atoms with Crippen molar-refractivity contribution in [3.8, 4) is 0 Å². The molecule has 0 radical (unpaired) electrons. The van der Waals surface area contributed by atoms with E-state index in [9.17, 15) is 0 Å². The van der Waals surface area contributed by atoms with Gasteiger partial charge in [0.2, 0.25) is 0 Å². The molecule has 0 heterocycles. The summed E-state index contributed by atoms with van der Waals surface area (Å²) in [7, 11) is 0. The molecule has 0 aliphatic heterocycles. The van der Waals surface area contributed by atoms with Crippen LogP contribution in [0.2, 0.25) is 0 Å². The Kier molecular flexibility index (Phi) is 4.97. The van der Waals surface area contributed by atoms with Gasteiger partial charge in [0.25, 0.3) is 0 Å². The molecule has 0 saturated heterocycles. The number of thiocarbonyl (C=S) groups is 1. The van der Waals surface area contributed by atoms with Crippen LogP contribution in [0.1, 0.15) is 0 Å². The minimum atomic E-state index is 0.900. The first-order valence-corrected chi connectivity index (χ1v) is 4.64. The molecule has 0 spiro atoms. The molecule has 1 nitrogen and oxygen atoms in total. The normalized spacial score (nSPS) is 7.67. The fourth-order valence-corrected chi connectivity index (χ4v) is 1.19. The van der Waals surface area contributed by atoms with E-state index in [2.05, 4.69) is 3.48 Å². The third kappa shape index (κ3) is 3.26. The van der Waals surface area contributed by atoms with Crippen molar-refractivity contribution in [2.24, 2.45) is 0 Å². The average Bonchev–Trinajstić information content (AvgIpc) is 1.65. The summed E-state index contributed by atoms with van der Waals surface area (Å²) in [6, 6.07) is 0. The maximum atomic E-state index is 4.74. The van der Waals surface area contributed by atoms with Crippen LogP contribution >= 0.6 is 24.0 Å². The Balaban J connectivity index is 2.99. The summed E-state index contributed by atoms with van der Waals surface area (Å²) in [5, 5.41) is 0. The van der Waals surface area contributed by atoms with E-state index in [0.29, 0.717) is 0 Å². The zero-order valence-corrected chi connectivity index (χ0v) is 8.32. The van der Waals surface area contributed by atoms with Crippen LogP contribution in [0.5, 0.6) is 0 Å². The molecule has 6 heavy (non-hydrogen) atoms. The molecule has 0 bridgehead atoms. The number of hydrogen-bond acceptors (Lipinski definition) is 2. The predicted octanol–water partition coefficient (Wildman–Crippen LogP) is -0.228. The zero-order chi connectivity index (χ0) is 4.99. The summed E-state index contributed by atoms with van der Waals surface area (Å²) in [4.78, 5) is 0. The van der Waals surface area contributed by atoms with E-state index in [4.69, 9.17) is 12.2 Å². The van der Waals surface area contributed by atoms with Gasteiger partial charge in [-0.1, -0.05) is 0 Å². The molecule has 0 aliphatic carbocycles. The van der Waals surface area contributed by atoms with E-state index in [1.54, 1.807) is 11.8 Å². The molecule has 0 unspecified atom stereocenters.